The first-order valence-electron chi connectivity index (χ1n) is 9.99. The minimum Gasteiger partial charge on any atom is -0.494 e. The van der Waals surface area contributed by atoms with Crippen LogP contribution in [0.5, 0.6) is 5.75 Å². The molecule has 144 valence electrons. The van der Waals surface area contributed by atoms with Gasteiger partial charge in [-0.15, -0.1) is 0 Å². The molecule has 0 unspecified atom stereocenters. The van der Waals surface area contributed by atoms with Gasteiger partial charge in [0.15, 0.2) is 0 Å². The van der Waals surface area contributed by atoms with Gasteiger partial charge in [0, 0.05) is 39.3 Å². The molecule has 2 amide bonds. The fourth-order valence-electron chi connectivity index (χ4n) is 3.54. The van der Waals surface area contributed by atoms with Crippen molar-refractivity contribution in [3.63, 3.8) is 0 Å². The summed E-state index contributed by atoms with van der Waals surface area (Å²) in [5.74, 6) is 0.945. The van der Waals surface area contributed by atoms with Gasteiger partial charge in [0.1, 0.15) is 5.75 Å². The summed E-state index contributed by atoms with van der Waals surface area (Å²) in [4.78, 5) is 15.8. The van der Waals surface area contributed by atoms with Gasteiger partial charge < -0.3 is 25.2 Å². The van der Waals surface area contributed by atoms with Gasteiger partial charge in [-0.25, -0.2) is 4.79 Å². The highest BCUT2D eigenvalue weighted by molar-refractivity contribution is 5.76. The van der Waals surface area contributed by atoms with E-state index in [1.165, 1.54) is 37.9 Å². The predicted octanol–water partition coefficient (Wildman–Crippen LogP) is 2.06. The van der Waals surface area contributed by atoms with Gasteiger partial charge in [-0.3, -0.25) is 0 Å². The van der Waals surface area contributed by atoms with Gasteiger partial charge in [-0.1, -0.05) is 18.6 Å². The standard InChI is InChI=1S/C20H32N4O2/c25-20-22-10-15-24(20)14-9-21-17-18-5-7-19(8-6-18)26-16-4-13-23-11-2-1-3-12-23/h5-8,21H,1-4,9-17H2,(H,22,25). The minimum atomic E-state index is 0.0496. The number of ether oxygens (including phenoxy) is 1. The van der Waals surface area contributed by atoms with Crippen LogP contribution in [0.1, 0.15) is 31.2 Å². The third kappa shape index (κ3) is 6.18. The van der Waals surface area contributed by atoms with E-state index in [2.05, 4.69) is 27.7 Å². The SMILES string of the molecule is O=C1NCCN1CCNCc1ccc(OCCCN2CCCCC2)cc1. The van der Waals surface area contributed by atoms with Crippen LogP contribution >= 0.6 is 0 Å². The van der Waals surface area contributed by atoms with Crippen molar-refractivity contribution in [1.82, 2.24) is 20.4 Å². The zero-order valence-electron chi connectivity index (χ0n) is 15.7. The quantitative estimate of drug-likeness (QED) is 0.627. The summed E-state index contributed by atoms with van der Waals surface area (Å²) in [6.07, 6.45) is 5.18. The van der Waals surface area contributed by atoms with E-state index < -0.39 is 0 Å². The van der Waals surface area contributed by atoms with Gasteiger partial charge in [0.25, 0.3) is 0 Å². The Bertz CT molecular complexity index is 543. The highest BCUT2D eigenvalue weighted by Gasteiger charge is 2.17. The molecule has 0 saturated carbocycles. The summed E-state index contributed by atoms with van der Waals surface area (Å²) in [5, 5.41) is 6.21. The lowest BCUT2D eigenvalue weighted by atomic mass is 10.1. The molecule has 2 N–H and O–H groups in total. The van der Waals surface area contributed by atoms with Crippen LogP contribution in [0.2, 0.25) is 0 Å². The van der Waals surface area contributed by atoms with Crippen LogP contribution in [0.4, 0.5) is 4.79 Å². The molecule has 2 heterocycles. The van der Waals surface area contributed by atoms with Crippen LogP contribution in [0.15, 0.2) is 24.3 Å². The molecule has 6 heteroatoms. The summed E-state index contributed by atoms with van der Waals surface area (Å²) >= 11 is 0. The van der Waals surface area contributed by atoms with Crippen molar-refractivity contribution in [2.45, 2.75) is 32.2 Å². The molecule has 0 aliphatic carbocycles. The van der Waals surface area contributed by atoms with Gasteiger partial charge in [-0.05, 0) is 50.0 Å². The lowest BCUT2D eigenvalue weighted by molar-refractivity contribution is 0.205. The number of benzene rings is 1. The number of nitrogens with one attached hydrogen (secondary N) is 2. The van der Waals surface area contributed by atoms with Crippen LogP contribution in [-0.2, 0) is 6.54 Å². The summed E-state index contributed by atoms with van der Waals surface area (Å²) in [5.41, 5.74) is 1.23. The summed E-state index contributed by atoms with van der Waals surface area (Å²) in [7, 11) is 0. The Morgan fingerprint density at radius 1 is 1.04 bits per heavy atom. The first-order chi connectivity index (χ1) is 12.8. The van der Waals surface area contributed by atoms with Gasteiger partial charge in [-0.2, -0.15) is 0 Å². The number of piperidine rings is 1. The van der Waals surface area contributed by atoms with Crippen molar-refractivity contribution >= 4 is 6.03 Å². The monoisotopic (exact) mass is 360 g/mol. The number of carbonyl (C=O) groups is 1. The van der Waals surface area contributed by atoms with Gasteiger partial charge in [0.05, 0.1) is 6.61 Å². The fourth-order valence-corrected chi connectivity index (χ4v) is 3.54. The Kier molecular flexibility index (Phi) is 7.58. The number of nitrogens with zero attached hydrogens (tertiary/aromatic N) is 2. The Hall–Kier alpha value is -1.79. The van der Waals surface area contributed by atoms with Crippen molar-refractivity contribution in [3.05, 3.63) is 29.8 Å². The predicted molar refractivity (Wildman–Crippen MR) is 104 cm³/mol. The minimum absolute atomic E-state index is 0.0496. The Labute approximate surface area is 156 Å². The van der Waals surface area contributed by atoms with E-state index in [0.29, 0.717) is 0 Å². The first-order valence-corrected chi connectivity index (χ1v) is 9.99. The topological polar surface area (TPSA) is 56.8 Å². The average Bonchev–Trinajstić information content (AvgIpc) is 3.09. The van der Waals surface area contributed by atoms with Crippen molar-refractivity contribution in [3.8, 4) is 5.75 Å². The highest BCUT2D eigenvalue weighted by atomic mass is 16.5. The highest BCUT2D eigenvalue weighted by Crippen LogP contribution is 2.13. The summed E-state index contributed by atoms with van der Waals surface area (Å²) in [6.45, 7) is 8.39. The van der Waals surface area contributed by atoms with Crippen LogP contribution in [0, 0.1) is 0 Å². The molecule has 2 saturated heterocycles. The molecule has 0 bridgehead atoms. The van der Waals surface area contributed by atoms with Crippen LogP contribution in [0.3, 0.4) is 0 Å². The van der Waals surface area contributed by atoms with E-state index in [4.69, 9.17) is 4.74 Å². The maximum atomic E-state index is 11.4. The molecule has 0 aromatic heterocycles. The second-order valence-corrected chi connectivity index (χ2v) is 7.14. The zero-order valence-corrected chi connectivity index (χ0v) is 15.7. The molecular formula is C20H32N4O2. The third-order valence-corrected chi connectivity index (χ3v) is 5.09. The maximum Gasteiger partial charge on any atom is 0.317 e. The third-order valence-electron chi connectivity index (χ3n) is 5.09. The van der Waals surface area contributed by atoms with Gasteiger partial charge >= 0.3 is 6.03 Å². The van der Waals surface area contributed by atoms with E-state index in [-0.39, 0.29) is 6.03 Å². The smallest absolute Gasteiger partial charge is 0.317 e. The van der Waals surface area contributed by atoms with Crippen LogP contribution < -0.4 is 15.4 Å². The Morgan fingerprint density at radius 3 is 2.58 bits per heavy atom. The second kappa shape index (κ2) is 10.4. The van der Waals surface area contributed by atoms with E-state index in [1.54, 1.807) is 0 Å². The molecule has 0 atom stereocenters. The molecule has 1 aromatic rings. The summed E-state index contributed by atoms with van der Waals surface area (Å²) < 4.78 is 5.86. The number of urea groups is 1. The molecule has 2 aliphatic rings. The molecule has 1 aromatic carbocycles. The molecular weight excluding hydrogens is 328 g/mol. The summed E-state index contributed by atoms with van der Waals surface area (Å²) in [6, 6.07) is 8.36. The Balaban J connectivity index is 1.26. The maximum absolute atomic E-state index is 11.4. The lowest BCUT2D eigenvalue weighted by Crippen LogP contribution is -2.34. The number of carbonyl (C=O) groups excluding carboxylic acids is 1. The van der Waals surface area contributed by atoms with Crippen molar-refractivity contribution < 1.29 is 9.53 Å². The largest absolute Gasteiger partial charge is 0.494 e. The van der Waals surface area contributed by atoms with Crippen LogP contribution in [-0.4, -0.2) is 68.3 Å². The fraction of sp³-hybridized carbons (Fsp3) is 0.650. The van der Waals surface area contributed by atoms with Gasteiger partial charge in [0.2, 0.25) is 0 Å². The first kappa shape index (κ1) is 19.0. The molecule has 2 fully saturated rings. The van der Waals surface area contributed by atoms with Crippen molar-refractivity contribution in [2.75, 3.05) is 52.4 Å². The number of hydrogen-bond acceptors (Lipinski definition) is 4. The number of amides is 2. The Morgan fingerprint density at radius 2 is 1.85 bits per heavy atom. The molecule has 0 spiro atoms. The molecule has 6 nitrogen and oxygen atoms in total. The average molecular weight is 361 g/mol. The molecule has 2 aliphatic heterocycles. The van der Waals surface area contributed by atoms with E-state index in [0.717, 1.165) is 58.0 Å². The van der Waals surface area contributed by atoms with E-state index in [9.17, 15) is 4.79 Å². The number of likely N-dealkylation sites (tertiary alicyclic amines) is 1. The molecule has 0 radical (unpaired) electrons. The van der Waals surface area contributed by atoms with E-state index >= 15 is 0 Å². The van der Waals surface area contributed by atoms with Crippen molar-refractivity contribution in [1.29, 1.82) is 0 Å². The molecule has 3 rings (SSSR count). The molecule has 26 heavy (non-hydrogen) atoms. The second-order valence-electron chi connectivity index (χ2n) is 7.14. The number of hydrogen-bond donors (Lipinski definition) is 2. The van der Waals surface area contributed by atoms with Crippen LogP contribution in [0.25, 0.3) is 0 Å². The number of rotatable bonds is 10. The zero-order chi connectivity index (χ0) is 18.0. The lowest BCUT2D eigenvalue weighted by Gasteiger charge is -2.26. The van der Waals surface area contributed by atoms with Crippen molar-refractivity contribution in [2.24, 2.45) is 0 Å². The normalized spacial score (nSPS) is 18.2. The van der Waals surface area contributed by atoms with E-state index in [1.807, 2.05) is 17.0 Å².